The minimum Gasteiger partial charge on any atom is -0.228 e. The van der Waals surface area contributed by atoms with E-state index in [1.165, 1.54) is 50.1 Å². The topological polar surface area (TPSA) is 25.8 Å². The summed E-state index contributed by atoms with van der Waals surface area (Å²) in [5.41, 5.74) is 16.6. The highest BCUT2D eigenvalue weighted by Gasteiger charge is 2.53. The number of hydrogen-bond donors (Lipinski definition) is 0. The lowest BCUT2D eigenvalue weighted by atomic mass is 9.55. The van der Waals surface area contributed by atoms with E-state index in [1.807, 2.05) is 24.3 Å². The summed E-state index contributed by atoms with van der Waals surface area (Å²) in [6.07, 6.45) is 0. The molecule has 0 unspecified atom stereocenters. The predicted molar refractivity (Wildman–Crippen MR) is 205 cm³/mol. The Morgan fingerprint density at radius 2 is 0.940 bits per heavy atom. The van der Waals surface area contributed by atoms with Gasteiger partial charge in [-0.2, -0.15) is 0 Å². The first-order valence-electron chi connectivity index (χ1n) is 17.4. The van der Waals surface area contributed by atoms with Crippen molar-refractivity contribution in [2.24, 2.45) is 0 Å². The van der Waals surface area contributed by atoms with Crippen LogP contribution in [0.25, 0.3) is 55.8 Å². The average molecular weight is 639 g/mol. The highest BCUT2D eigenvalue weighted by molar-refractivity contribution is 5.95. The monoisotopic (exact) mass is 638 g/mol. The Labute approximate surface area is 292 Å². The number of rotatable bonds is 3. The van der Waals surface area contributed by atoms with Crippen LogP contribution in [0, 0.1) is 0 Å². The standard InChI is InChI=1S/C48H34N2/c1-47(2)39-22-9-11-24-41(39)48(42-25-12-10-23-40(42)47)38-21-8-6-19-35(38)36-28-27-33(30-43(36)48)32-17-14-18-34(29-32)45-37-20-7-13-26-44(37)49-46(50-45)31-15-4-3-5-16-31/h3-30H,1-2H3. The smallest absolute Gasteiger partial charge is 0.160 e. The SMILES string of the molecule is CC1(C)c2ccccc2C2(c3ccccc3-c3ccc(-c4cccc(-c5nc(-c6ccccc6)nc6ccccc56)c4)cc32)c2ccccc21. The molecule has 0 saturated carbocycles. The van der Waals surface area contributed by atoms with Crippen molar-refractivity contribution in [3.05, 3.63) is 203 Å². The lowest BCUT2D eigenvalue weighted by molar-refractivity contribution is 0.563. The van der Waals surface area contributed by atoms with Crippen LogP contribution in [0.5, 0.6) is 0 Å². The summed E-state index contributed by atoms with van der Waals surface area (Å²) >= 11 is 0. The van der Waals surface area contributed by atoms with E-state index in [-0.39, 0.29) is 5.41 Å². The molecule has 50 heavy (non-hydrogen) atoms. The third-order valence-corrected chi connectivity index (χ3v) is 11.2. The molecule has 236 valence electrons. The van der Waals surface area contributed by atoms with Gasteiger partial charge in [0.05, 0.1) is 16.6 Å². The zero-order valence-electron chi connectivity index (χ0n) is 28.1. The summed E-state index contributed by atoms with van der Waals surface area (Å²) in [6, 6.07) is 61.9. The molecular weight excluding hydrogens is 605 g/mol. The van der Waals surface area contributed by atoms with Crippen molar-refractivity contribution in [2.45, 2.75) is 24.7 Å². The van der Waals surface area contributed by atoms with Gasteiger partial charge in [-0.3, -0.25) is 0 Å². The average Bonchev–Trinajstić information content (AvgIpc) is 3.47. The fraction of sp³-hybridized carbons (Fsp3) is 0.0833. The number of fused-ring (bicyclic) bond motifs is 10. The van der Waals surface area contributed by atoms with Crippen LogP contribution < -0.4 is 0 Å². The first-order chi connectivity index (χ1) is 24.5. The molecule has 8 aromatic rings. The summed E-state index contributed by atoms with van der Waals surface area (Å²) in [4.78, 5) is 10.1. The third kappa shape index (κ3) is 3.96. The Morgan fingerprint density at radius 3 is 1.70 bits per heavy atom. The van der Waals surface area contributed by atoms with Crippen LogP contribution in [0.15, 0.2) is 170 Å². The largest absolute Gasteiger partial charge is 0.228 e. The summed E-state index contributed by atoms with van der Waals surface area (Å²) in [7, 11) is 0. The Kier molecular flexibility index (Phi) is 6.17. The molecular formula is C48H34N2. The molecule has 0 aliphatic heterocycles. The molecule has 0 fully saturated rings. The lowest BCUT2D eigenvalue weighted by Crippen LogP contribution is -2.40. The van der Waals surface area contributed by atoms with Crippen molar-refractivity contribution in [1.82, 2.24) is 9.97 Å². The van der Waals surface area contributed by atoms with E-state index in [0.29, 0.717) is 0 Å². The molecule has 0 bridgehead atoms. The molecule has 0 saturated heterocycles. The van der Waals surface area contributed by atoms with E-state index in [4.69, 9.17) is 9.97 Å². The maximum Gasteiger partial charge on any atom is 0.160 e. The quantitative estimate of drug-likeness (QED) is 0.192. The van der Waals surface area contributed by atoms with Gasteiger partial charge < -0.3 is 0 Å². The highest BCUT2D eigenvalue weighted by Crippen LogP contribution is 2.62. The second-order valence-electron chi connectivity index (χ2n) is 14.1. The molecule has 2 nitrogen and oxygen atoms in total. The summed E-state index contributed by atoms with van der Waals surface area (Å²) in [5, 5.41) is 1.05. The van der Waals surface area contributed by atoms with Crippen molar-refractivity contribution in [3.63, 3.8) is 0 Å². The summed E-state index contributed by atoms with van der Waals surface area (Å²) < 4.78 is 0. The second kappa shape index (κ2) is 10.7. The van der Waals surface area contributed by atoms with Crippen LogP contribution in [0.2, 0.25) is 0 Å². The molecule has 0 N–H and O–H groups in total. The minimum atomic E-state index is -0.421. The van der Waals surface area contributed by atoms with Crippen molar-refractivity contribution in [3.8, 4) is 44.9 Å². The van der Waals surface area contributed by atoms with Crippen LogP contribution in [0.4, 0.5) is 0 Å². The van der Waals surface area contributed by atoms with Gasteiger partial charge in [-0.15, -0.1) is 0 Å². The van der Waals surface area contributed by atoms with E-state index in [2.05, 4.69) is 159 Å². The number of para-hydroxylation sites is 1. The Hall–Kier alpha value is -6.12. The van der Waals surface area contributed by atoms with Crippen LogP contribution in [0.3, 0.4) is 0 Å². The number of benzene rings is 7. The maximum atomic E-state index is 5.18. The van der Waals surface area contributed by atoms with Crippen molar-refractivity contribution in [1.29, 1.82) is 0 Å². The first-order valence-corrected chi connectivity index (χ1v) is 17.4. The zero-order chi connectivity index (χ0) is 33.5. The summed E-state index contributed by atoms with van der Waals surface area (Å²) in [6.45, 7) is 4.75. The molecule has 1 aromatic heterocycles. The highest BCUT2D eigenvalue weighted by atomic mass is 14.9. The molecule has 2 aliphatic carbocycles. The maximum absolute atomic E-state index is 5.18. The van der Waals surface area contributed by atoms with Crippen molar-refractivity contribution >= 4 is 10.9 Å². The van der Waals surface area contributed by atoms with Gasteiger partial charge in [0.25, 0.3) is 0 Å². The van der Waals surface area contributed by atoms with Gasteiger partial charge in [0, 0.05) is 21.9 Å². The fourth-order valence-corrected chi connectivity index (χ4v) is 8.90. The zero-order valence-corrected chi connectivity index (χ0v) is 28.1. The van der Waals surface area contributed by atoms with Gasteiger partial charge >= 0.3 is 0 Å². The van der Waals surface area contributed by atoms with Crippen LogP contribution in [-0.4, -0.2) is 9.97 Å². The van der Waals surface area contributed by atoms with Gasteiger partial charge in [0.1, 0.15) is 0 Å². The molecule has 7 aromatic carbocycles. The third-order valence-electron chi connectivity index (χ3n) is 11.2. The predicted octanol–water partition coefficient (Wildman–Crippen LogP) is 11.6. The Morgan fingerprint density at radius 1 is 0.380 bits per heavy atom. The van der Waals surface area contributed by atoms with E-state index < -0.39 is 5.41 Å². The van der Waals surface area contributed by atoms with E-state index in [1.54, 1.807) is 0 Å². The molecule has 1 heterocycles. The number of aromatic nitrogens is 2. The van der Waals surface area contributed by atoms with Gasteiger partial charge in [0.15, 0.2) is 5.82 Å². The number of nitrogens with zero attached hydrogens (tertiary/aromatic N) is 2. The normalized spacial score (nSPS) is 14.5. The summed E-state index contributed by atoms with van der Waals surface area (Å²) in [5.74, 6) is 0.736. The molecule has 10 rings (SSSR count). The lowest BCUT2D eigenvalue weighted by Gasteiger charge is -2.46. The van der Waals surface area contributed by atoms with E-state index in [9.17, 15) is 0 Å². The van der Waals surface area contributed by atoms with Crippen molar-refractivity contribution in [2.75, 3.05) is 0 Å². The second-order valence-corrected chi connectivity index (χ2v) is 14.1. The fourth-order valence-electron chi connectivity index (χ4n) is 8.90. The molecule has 0 radical (unpaired) electrons. The van der Waals surface area contributed by atoms with E-state index in [0.717, 1.165) is 39.1 Å². The molecule has 2 aliphatic rings. The van der Waals surface area contributed by atoms with Gasteiger partial charge in [-0.1, -0.05) is 166 Å². The van der Waals surface area contributed by atoms with Gasteiger partial charge in [0.2, 0.25) is 0 Å². The molecule has 0 amide bonds. The van der Waals surface area contributed by atoms with Crippen LogP contribution >= 0.6 is 0 Å². The van der Waals surface area contributed by atoms with Crippen LogP contribution in [-0.2, 0) is 10.8 Å². The Bertz CT molecular complexity index is 2580. The number of hydrogen-bond acceptors (Lipinski definition) is 2. The van der Waals surface area contributed by atoms with Crippen molar-refractivity contribution < 1.29 is 0 Å². The first kappa shape index (κ1) is 28.9. The van der Waals surface area contributed by atoms with E-state index >= 15 is 0 Å². The Balaban J connectivity index is 1.20. The van der Waals surface area contributed by atoms with Gasteiger partial charge in [-0.05, 0) is 73.8 Å². The molecule has 2 heteroatoms. The molecule has 1 spiro atoms. The van der Waals surface area contributed by atoms with Gasteiger partial charge in [-0.25, -0.2) is 9.97 Å². The van der Waals surface area contributed by atoms with Crippen LogP contribution in [0.1, 0.15) is 47.2 Å². The molecule has 0 atom stereocenters. The minimum absolute atomic E-state index is 0.124.